The fraction of sp³-hybridized carbons (Fsp3) is 0.750. The predicted molar refractivity (Wildman–Crippen MR) is 62.4 cm³/mol. The minimum Gasteiger partial charge on any atom is -0.495 e. The smallest absolute Gasteiger partial charge is 0.410 e. The first-order valence-corrected chi connectivity index (χ1v) is 5.72. The van der Waals surface area contributed by atoms with E-state index in [9.17, 15) is 9.18 Å². The van der Waals surface area contributed by atoms with Gasteiger partial charge in [0.2, 0.25) is 0 Å². The summed E-state index contributed by atoms with van der Waals surface area (Å²) in [5.41, 5.74) is -0.558. The van der Waals surface area contributed by atoms with Crippen molar-refractivity contribution >= 4 is 6.09 Å². The Morgan fingerprint density at radius 3 is 2.65 bits per heavy atom. The van der Waals surface area contributed by atoms with Crippen molar-refractivity contribution in [2.75, 3.05) is 13.1 Å². The number of carbonyl (C=O) groups excluding carboxylic acids is 1. The fourth-order valence-electron chi connectivity index (χ4n) is 1.65. The van der Waals surface area contributed by atoms with E-state index in [2.05, 4.69) is 6.58 Å². The lowest BCUT2D eigenvalue weighted by Crippen LogP contribution is -2.49. The van der Waals surface area contributed by atoms with E-state index < -0.39 is 24.0 Å². The van der Waals surface area contributed by atoms with Crippen molar-refractivity contribution in [1.82, 2.24) is 4.90 Å². The second-order valence-electron chi connectivity index (χ2n) is 5.07. The fourth-order valence-corrected chi connectivity index (χ4v) is 1.65. The van der Waals surface area contributed by atoms with Crippen LogP contribution in [0.1, 0.15) is 27.2 Å². The average molecular weight is 245 g/mol. The van der Waals surface area contributed by atoms with Gasteiger partial charge in [-0.15, -0.1) is 0 Å². The highest BCUT2D eigenvalue weighted by atomic mass is 19.1. The van der Waals surface area contributed by atoms with E-state index in [1.54, 1.807) is 20.8 Å². The van der Waals surface area contributed by atoms with Gasteiger partial charge in [0.05, 0.1) is 12.8 Å². The molecule has 1 saturated heterocycles. The zero-order valence-corrected chi connectivity index (χ0v) is 10.6. The number of ether oxygens (including phenoxy) is 2. The summed E-state index contributed by atoms with van der Waals surface area (Å²) in [7, 11) is 0. The lowest BCUT2D eigenvalue weighted by Gasteiger charge is -2.35. The zero-order chi connectivity index (χ0) is 13.1. The molecular formula is C12H20FNO3. The van der Waals surface area contributed by atoms with Gasteiger partial charge in [-0.05, 0) is 20.8 Å². The molecule has 17 heavy (non-hydrogen) atoms. The Kier molecular flexibility index (Phi) is 4.37. The van der Waals surface area contributed by atoms with Crippen LogP contribution in [0.3, 0.4) is 0 Å². The molecule has 0 aromatic rings. The van der Waals surface area contributed by atoms with Gasteiger partial charge in [0, 0.05) is 13.0 Å². The molecule has 1 aliphatic rings. The third-order valence-electron chi connectivity index (χ3n) is 2.40. The maximum atomic E-state index is 13.7. The number of nitrogens with zero attached hydrogens (tertiary/aromatic N) is 1. The van der Waals surface area contributed by atoms with Gasteiger partial charge in [-0.3, -0.25) is 0 Å². The quantitative estimate of drug-likeness (QED) is 0.702. The molecule has 0 aliphatic carbocycles. The molecule has 4 nitrogen and oxygen atoms in total. The summed E-state index contributed by atoms with van der Waals surface area (Å²) in [6, 6.07) is 0. The molecule has 0 unspecified atom stereocenters. The molecule has 0 aromatic carbocycles. The summed E-state index contributed by atoms with van der Waals surface area (Å²) in [4.78, 5) is 13.1. The summed E-state index contributed by atoms with van der Waals surface area (Å²) in [6.45, 7) is 9.19. The Morgan fingerprint density at radius 1 is 1.53 bits per heavy atom. The van der Waals surface area contributed by atoms with Crippen LogP contribution in [0.4, 0.5) is 9.18 Å². The largest absolute Gasteiger partial charge is 0.495 e. The Bertz CT molecular complexity index is 288. The van der Waals surface area contributed by atoms with Gasteiger partial charge in [0.25, 0.3) is 0 Å². The van der Waals surface area contributed by atoms with E-state index in [1.165, 1.54) is 11.2 Å². The van der Waals surface area contributed by atoms with Crippen molar-refractivity contribution in [3.8, 4) is 0 Å². The highest BCUT2D eigenvalue weighted by Gasteiger charge is 2.34. The topological polar surface area (TPSA) is 38.8 Å². The standard InChI is InChI=1S/C12H20FNO3/c1-5-16-10-6-7-14(8-9(10)13)11(15)17-12(2,3)4/h5,9-10H,1,6-8H2,2-4H3/t9-,10+/m1/s1. The molecule has 98 valence electrons. The normalized spacial score (nSPS) is 25.3. The molecule has 5 heteroatoms. The molecule has 0 aromatic heterocycles. The molecule has 0 bridgehead atoms. The van der Waals surface area contributed by atoms with Crippen LogP contribution in [-0.2, 0) is 9.47 Å². The molecule has 0 saturated carbocycles. The van der Waals surface area contributed by atoms with Crippen LogP contribution in [0.15, 0.2) is 12.8 Å². The Hall–Kier alpha value is -1.26. The molecule has 1 heterocycles. The first-order chi connectivity index (χ1) is 7.83. The average Bonchev–Trinajstić information content (AvgIpc) is 2.18. The number of hydrogen-bond donors (Lipinski definition) is 0. The number of rotatable bonds is 2. The first kappa shape index (κ1) is 13.8. The van der Waals surface area contributed by atoms with Gasteiger partial charge >= 0.3 is 6.09 Å². The van der Waals surface area contributed by atoms with Crippen LogP contribution in [0.2, 0.25) is 0 Å². The van der Waals surface area contributed by atoms with Crippen molar-refractivity contribution in [3.63, 3.8) is 0 Å². The maximum absolute atomic E-state index is 13.7. The number of alkyl halides is 1. The van der Waals surface area contributed by atoms with E-state index in [1.807, 2.05) is 0 Å². The second-order valence-corrected chi connectivity index (χ2v) is 5.07. The van der Waals surface area contributed by atoms with Gasteiger partial charge < -0.3 is 14.4 Å². The monoisotopic (exact) mass is 245 g/mol. The van der Waals surface area contributed by atoms with Gasteiger partial charge in [-0.25, -0.2) is 9.18 Å². The van der Waals surface area contributed by atoms with Crippen molar-refractivity contribution in [3.05, 3.63) is 12.8 Å². The summed E-state index contributed by atoms with van der Waals surface area (Å²) in [5, 5.41) is 0. The number of halogens is 1. The van der Waals surface area contributed by atoms with Crippen LogP contribution < -0.4 is 0 Å². The van der Waals surface area contributed by atoms with E-state index >= 15 is 0 Å². The molecule has 0 radical (unpaired) electrons. The molecule has 1 aliphatic heterocycles. The number of piperidine rings is 1. The SMILES string of the molecule is C=CO[C@H]1CCN(C(=O)OC(C)(C)C)C[C@H]1F. The van der Waals surface area contributed by atoms with Gasteiger partial charge in [-0.2, -0.15) is 0 Å². The highest BCUT2D eigenvalue weighted by molar-refractivity contribution is 5.68. The molecular weight excluding hydrogens is 225 g/mol. The lowest BCUT2D eigenvalue weighted by molar-refractivity contribution is -0.0222. The Morgan fingerprint density at radius 2 is 2.18 bits per heavy atom. The van der Waals surface area contributed by atoms with Crippen molar-refractivity contribution in [2.45, 2.75) is 45.1 Å². The van der Waals surface area contributed by atoms with Gasteiger partial charge in [0.15, 0.2) is 6.17 Å². The minimum absolute atomic E-state index is 0.00736. The minimum atomic E-state index is -1.20. The van der Waals surface area contributed by atoms with Crippen LogP contribution >= 0.6 is 0 Å². The Balaban J connectivity index is 2.49. The zero-order valence-electron chi connectivity index (χ0n) is 10.6. The van der Waals surface area contributed by atoms with Crippen molar-refractivity contribution in [1.29, 1.82) is 0 Å². The summed E-state index contributed by atoms with van der Waals surface area (Å²) in [6.07, 6.45) is -0.495. The van der Waals surface area contributed by atoms with E-state index in [-0.39, 0.29) is 6.54 Å². The maximum Gasteiger partial charge on any atom is 0.410 e. The first-order valence-electron chi connectivity index (χ1n) is 5.72. The second kappa shape index (κ2) is 5.38. The number of amides is 1. The highest BCUT2D eigenvalue weighted by Crippen LogP contribution is 2.19. The van der Waals surface area contributed by atoms with E-state index in [4.69, 9.17) is 9.47 Å². The predicted octanol–water partition coefficient (Wildman–Crippen LogP) is 2.49. The molecule has 0 N–H and O–H groups in total. The molecule has 0 spiro atoms. The summed E-state index contributed by atoms with van der Waals surface area (Å²) >= 11 is 0. The lowest BCUT2D eigenvalue weighted by atomic mass is 10.1. The van der Waals surface area contributed by atoms with E-state index in [0.29, 0.717) is 13.0 Å². The van der Waals surface area contributed by atoms with Crippen molar-refractivity contribution < 1.29 is 18.7 Å². The van der Waals surface area contributed by atoms with Crippen LogP contribution in [-0.4, -0.2) is 42.0 Å². The van der Waals surface area contributed by atoms with Crippen LogP contribution in [0, 0.1) is 0 Å². The number of carbonyl (C=O) groups is 1. The third-order valence-corrected chi connectivity index (χ3v) is 2.40. The number of hydrogen-bond acceptors (Lipinski definition) is 3. The molecule has 2 atom stereocenters. The summed E-state index contributed by atoms with van der Waals surface area (Å²) in [5.74, 6) is 0. The number of likely N-dealkylation sites (tertiary alicyclic amines) is 1. The van der Waals surface area contributed by atoms with Gasteiger partial charge in [0.1, 0.15) is 11.7 Å². The molecule has 1 fully saturated rings. The van der Waals surface area contributed by atoms with Crippen molar-refractivity contribution in [2.24, 2.45) is 0 Å². The van der Waals surface area contributed by atoms with Gasteiger partial charge in [-0.1, -0.05) is 6.58 Å². The molecule has 1 amide bonds. The Labute approximate surface area is 101 Å². The van der Waals surface area contributed by atoms with E-state index in [0.717, 1.165) is 0 Å². The molecule has 1 rings (SSSR count). The van der Waals surface area contributed by atoms with Crippen LogP contribution in [0.25, 0.3) is 0 Å². The summed E-state index contributed by atoms with van der Waals surface area (Å²) < 4.78 is 23.9. The van der Waals surface area contributed by atoms with Crippen LogP contribution in [0.5, 0.6) is 0 Å². The third kappa shape index (κ3) is 4.24.